The Hall–Kier alpha value is -3.20. The van der Waals surface area contributed by atoms with Gasteiger partial charge in [-0.2, -0.15) is 0 Å². The highest BCUT2D eigenvalue weighted by molar-refractivity contribution is 5.32. The molecule has 0 saturated heterocycles. The third-order valence-corrected chi connectivity index (χ3v) is 4.51. The standard InChI is InChI=1S/C20H24N2O7/c1-27-19-7-3-5-15(9-19)17(11-21(23)24)13-29-14-18(12-22(25)26)16-6-4-8-20(10-16)28-2/h3-10,17-18H,11-14H2,1-2H3. The van der Waals surface area contributed by atoms with Crippen LogP contribution in [0.4, 0.5) is 0 Å². The fourth-order valence-electron chi connectivity index (χ4n) is 3.01. The number of hydrogen-bond acceptors (Lipinski definition) is 7. The Morgan fingerprint density at radius 3 is 1.55 bits per heavy atom. The van der Waals surface area contributed by atoms with Crippen LogP contribution in [0.3, 0.4) is 0 Å². The Morgan fingerprint density at radius 2 is 1.21 bits per heavy atom. The summed E-state index contributed by atoms with van der Waals surface area (Å²) in [5, 5.41) is 22.2. The van der Waals surface area contributed by atoms with Gasteiger partial charge in [0.05, 0.1) is 39.3 Å². The quantitative estimate of drug-likeness (QED) is 0.394. The number of nitro groups is 2. The lowest BCUT2D eigenvalue weighted by Gasteiger charge is -2.18. The number of ether oxygens (including phenoxy) is 3. The molecule has 0 N–H and O–H groups in total. The highest BCUT2D eigenvalue weighted by Crippen LogP contribution is 2.24. The fourth-order valence-corrected chi connectivity index (χ4v) is 3.01. The molecule has 0 aliphatic carbocycles. The molecule has 0 fully saturated rings. The highest BCUT2D eigenvalue weighted by Gasteiger charge is 2.23. The van der Waals surface area contributed by atoms with E-state index in [2.05, 4.69) is 0 Å². The molecule has 2 unspecified atom stereocenters. The van der Waals surface area contributed by atoms with E-state index in [9.17, 15) is 20.2 Å². The highest BCUT2D eigenvalue weighted by atomic mass is 16.6. The number of methoxy groups -OCH3 is 2. The lowest BCUT2D eigenvalue weighted by atomic mass is 9.98. The van der Waals surface area contributed by atoms with Crippen LogP contribution in [-0.2, 0) is 4.74 Å². The Bertz CT molecular complexity index is 760. The summed E-state index contributed by atoms with van der Waals surface area (Å²) in [6, 6.07) is 14.0. The average Bonchev–Trinajstić information content (AvgIpc) is 2.71. The summed E-state index contributed by atoms with van der Waals surface area (Å²) in [5.74, 6) is 0.195. The third-order valence-electron chi connectivity index (χ3n) is 4.51. The van der Waals surface area contributed by atoms with E-state index in [4.69, 9.17) is 14.2 Å². The smallest absolute Gasteiger partial charge is 0.212 e. The molecule has 0 aromatic heterocycles. The van der Waals surface area contributed by atoms with E-state index in [1.54, 1.807) is 48.5 Å². The van der Waals surface area contributed by atoms with E-state index in [1.165, 1.54) is 14.2 Å². The van der Waals surface area contributed by atoms with Gasteiger partial charge >= 0.3 is 0 Å². The van der Waals surface area contributed by atoms with Crippen LogP contribution in [0.2, 0.25) is 0 Å². The molecule has 0 amide bonds. The first-order valence-corrected chi connectivity index (χ1v) is 9.02. The lowest BCUT2D eigenvalue weighted by Crippen LogP contribution is -2.22. The summed E-state index contributed by atoms with van der Waals surface area (Å²) in [4.78, 5) is 21.4. The first kappa shape index (κ1) is 22.1. The molecule has 2 aromatic carbocycles. The Balaban J connectivity index is 2.10. The van der Waals surface area contributed by atoms with Crippen molar-refractivity contribution in [3.63, 3.8) is 0 Å². The molecule has 2 aromatic rings. The van der Waals surface area contributed by atoms with Crippen molar-refractivity contribution in [2.24, 2.45) is 0 Å². The third kappa shape index (κ3) is 7.04. The van der Waals surface area contributed by atoms with Crippen LogP contribution in [0.15, 0.2) is 48.5 Å². The molecule has 0 bridgehead atoms. The fraction of sp³-hybridized carbons (Fsp3) is 0.400. The zero-order valence-corrected chi connectivity index (χ0v) is 16.4. The minimum absolute atomic E-state index is 0.0618. The van der Waals surface area contributed by atoms with Crippen LogP contribution in [0.1, 0.15) is 23.0 Å². The molecular formula is C20H24N2O7. The van der Waals surface area contributed by atoms with Crippen molar-refractivity contribution in [1.29, 1.82) is 0 Å². The van der Waals surface area contributed by atoms with Crippen molar-refractivity contribution in [2.75, 3.05) is 40.5 Å². The summed E-state index contributed by atoms with van der Waals surface area (Å²) < 4.78 is 16.1. The van der Waals surface area contributed by atoms with Crippen LogP contribution < -0.4 is 9.47 Å². The molecule has 0 aliphatic heterocycles. The number of hydrogen-bond donors (Lipinski definition) is 0. The van der Waals surface area contributed by atoms with Crippen LogP contribution >= 0.6 is 0 Å². The summed E-state index contributed by atoms with van der Waals surface area (Å²) in [6.07, 6.45) is 0. The molecule has 0 saturated carbocycles. The van der Waals surface area contributed by atoms with Gasteiger partial charge in [0.1, 0.15) is 11.5 Å². The zero-order valence-electron chi connectivity index (χ0n) is 16.4. The predicted octanol–water partition coefficient (Wildman–Crippen LogP) is 3.14. The van der Waals surface area contributed by atoms with Crippen LogP contribution in [0.25, 0.3) is 0 Å². The molecule has 0 heterocycles. The van der Waals surface area contributed by atoms with Crippen molar-refractivity contribution in [3.05, 3.63) is 79.9 Å². The second-order valence-corrected chi connectivity index (χ2v) is 6.52. The molecule has 0 spiro atoms. The number of benzene rings is 2. The Labute approximate surface area is 168 Å². The van der Waals surface area contributed by atoms with Crippen molar-refractivity contribution in [2.45, 2.75) is 11.8 Å². The van der Waals surface area contributed by atoms with Crippen LogP contribution in [0.5, 0.6) is 11.5 Å². The van der Waals surface area contributed by atoms with Crippen molar-refractivity contribution in [3.8, 4) is 11.5 Å². The van der Waals surface area contributed by atoms with E-state index in [0.717, 1.165) is 0 Å². The first-order chi connectivity index (χ1) is 13.9. The van der Waals surface area contributed by atoms with Crippen molar-refractivity contribution in [1.82, 2.24) is 0 Å². The van der Waals surface area contributed by atoms with Crippen LogP contribution in [0, 0.1) is 20.2 Å². The van der Waals surface area contributed by atoms with E-state index < -0.39 is 21.7 Å². The van der Waals surface area contributed by atoms with Crippen LogP contribution in [-0.4, -0.2) is 50.4 Å². The molecule has 29 heavy (non-hydrogen) atoms. The molecule has 9 heteroatoms. The largest absolute Gasteiger partial charge is 0.497 e. The Morgan fingerprint density at radius 1 is 0.793 bits per heavy atom. The van der Waals surface area contributed by atoms with Gasteiger partial charge in [0.2, 0.25) is 13.1 Å². The molecule has 2 rings (SSSR count). The van der Waals surface area contributed by atoms with Gasteiger partial charge in [0.15, 0.2) is 0 Å². The molecule has 2 atom stereocenters. The van der Waals surface area contributed by atoms with Gasteiger partial charge in [-0.15, -0.1) is 0 Å². The molecule has 0 radical (unpaired) electrons. The monoisotopic (exact) mass is 404 g/mol. The van der Waals surface area contributed by atoms with E-state index >= 15 is 0 Å². The summed E-state index contributed by atoms with van der Waals surface area (Å²) in [7, 11) is 3.04. The maximum atomic E-state index is 11.1. The van der Waals surface area contributed by atoms with E-state index in [-0.39, 0.29) is 26.3 Å². The van der Waals surface area contributed by atoms with Gasteiger partial charge in [0.25, 0.3) is 0 Å². The second-order valence-electron chi connectivity index (χ2n) is 6.52. The van der Waals surface area contributed by atoms with Gasteiger partial charge in [-0.25, -0.2) is 0 Å². The molecule has 156 valence electrons. The topological polar surface area (TPSA) is 114 Å². The molecule has 0 aliphatic rings. The Kier molecular flexibility index (Phi) is 8.35. The van der Waals surface area contributed by atoms with E-state index in [0.29, 0.717) is 22.6 Å². The van der Waals surface area contributed by atoms with Crippen molar-refractivity contribution < 1.29 is 24.1 Å². The maximum absolute atomic E-state index is 11.1. The SMILES string of the molecule is COc1cccc(C(COCC(C[N+](=O)[O-])c2cccc(OC)c2)C[N+](=O)[O-])c1. The normalized spacial score (nSPS) is 12.8. The van der Waals surface area contributed by atoms with Gasteiger partial charge < -0.3 is 14.2 Å². The second kappa shape index (κ2) is 11.0. The maximum Gasteiger partial charge on any atom is 0.212 e. The summed E-state index contributed by atoms with van der Waals surface area (Å²) in [5.41, 5.74) is 1.43. The molecule has 9 nitrogen and oxygen atoms in total. The lowest BCUT2D eigenvalue weighted by molar-refractivity contribution is -0.485. The number of rotatable bonds is 12. The summed E-state index contributed by atoms with van der Waals surface area (Å²) in [6.45, 7) is -0.503. The number of nitrogens with zero attached hydrogens (tertiary/aromatic N) is 2. The van der Waals surface area contributed by atoms with E-state index in [1.807, 2.05) is 0 Å². The van der Waals surface area contributed by atoms with Gasteiger partial charge in [0, 0.05) is 9.85 Å². The predicted molar refractivity (Wildman–Crippen MR) is 106 cm³/mol. The average molecular weight is 404 g/mol. The minimum Gasteiger partial charge on any atom is -0.497 e. The molecular weight excluding hydrogens is 380 g/mol. The summed E-state index contributed by atoms with van der Waals surface area (Å²) >= 11 is 0. The van der Waals surface area contributed by atoms with Crippen molar-refractivity contribution >= 4 is 0 Å². The first-order valence-electron chi connectivity index (χ1n) is 9.02. The van der Waals surface area contributed by atoms with Gasteiger partial charge in [-0.3, -0.25) is 20.2 Å². The zero-order chi connectivity index (χ0) is 21.2. The van der Waals surface area contributed by atoms with Gasteiger partial charge in [-0.1, -0.05) is 24.3 Å². The van der Waals surface area contributed by atoms with Gasteiger partial charge in [-0.05, 0) is 35.4 Å². The minimum atomic E-state index is -0.498.